The Labute approximate surface area is 135 Å². The molecule has 0 fully saturated rings. The van der Waals surface area contributed by atoms with Crippen LogP contribution in [0.2, 0.25) is 0 Å². The fourth-order valence-corrected chi connectivity index (χ4v) is 3.36. The van der Waals surface area contributed by atoms with Crippen LogP contribution in [-0.2, 0) is 18.5 Å². The summed E-state index contributed by atoms with van der Waals surface area (Å²) < 4.78 is 0. The van der Waals surface area contributed by atoms with Gasteiger partial charge in [0.1, 0.15) is 0 Å². The highest BCUT2D eigenvalue weighted by Gasteiger charge is 2.35. The van der Waals surface area contributed by atoms with Crippen LogP contribution in [0.15, 0.2) is 48.5 Å². The van der Waals surface area contributed by atoms with E-state index in [0.29, 0.717) is 6.54 Å². The lowest BCUT2D eigenvalue weighted by atomic mass is 9.77. The number of fused-ring (bicyclic) bond motifs is 1. The maximum atomic E-state index is 10.9. The molecule has 4 nitrogen and oxygen atoms in total. The zero-order valence-electron chi connectivity index (χ0n) is 13.0. The van der Waals surface area contributed by atoms with Gasteiger partial charge in [-0.1, -0.05) is 36.4 Å². The van der Waals surface area contributed by atoms with Crippen molar-refractivity contribution in [1.29, 1.82) is 0 Å². The lowest BCUT2D eigenvalue weighted by Gasteiger charge is -2.39. The Morgan fingerprint density at radius 3 is 2.57 bits per heavy atom. The molecule has 23 heavy (non-hydrogen) atoms. The molecule has 1 aliphatic carbocycles. The third-order valence-corrected chi connectivity index (χ3v) is 4.68. The summed E-state index contributed by atoms with van der Waals surface area (Å²) in [4.78, 5) is 10.9. The number of aromatic carboxylic acids is 1. The quantitative estimate of drug-likeness (QED) is 0.794. The molecule has 0 saturated heterocycles. The molecule has 2 aromatic rings. The Morgan fingerprint density at radius 2 is 1.87 bits per heavy atom. The van der Waals surface area contributed by atoms with Gasteiger partial charge in [-0.15, -0.1) is 0 Å². The van der Waals surface area contributed by atoms with Crippen molar-refractivity contribution in [2.75, 3.05) is 6.61 Å². The molecule has 0 spiro atoms. The highest BCUT2D eigenvalue weighted by Crippen LogP contribution is 2.35. The smallest absolute Gasteiger partial charge is 0.335 e. The number of carboxylic acids is 1. The van der Waals surface area contributed by atoms with Gasteiger partial charge < -0.3 is 15.5 Å². The van der Waals surface area contributed by atoms with Gasteiger partial charge in [-0.3, -0.25) is 0 Å². The van der Waals surface area contributed by atoms with Gasteiger partial charge in [0.05, 0.1) is 17.7 Å². The summed E-state index contributed by atoms with van der Waals surface area (Å²) in [6, 6.07) is 15.1. The van der Waals surface area contributed by atoms with Crippen LogP contribution in [0.3, 0.4) is 0 Å². The Kier molecular flexibility index (Phi) is 4.46. The predicted molar refractivity (Wildman–Crippen MR) is 88.4 cm³/mol. The average molecular weight is 311 g/mol. The summed E-state index contributed by atoms with van der Waals surface area (Å²) in [5.41, 5.74) is 3.34. The summed E-state index contributed by atoms with van der Waals surface area (Å²) in [6.07, 6.45) is 2.99. The summed E-state index contributed by atoms with van der Waals surface area (Å²) >= 11 is 0. The molecule has 2 aromatic carbocycles. The van der Waals surface area contributed by atoms with Crippen LogP contribution in [0.1, 0.15) is 39.9 Å². The van der Waals surface area contributed by atoms with Gasteiger partial charge in [0.2, 0.25) is 0 Å². The van der Waals surface area contributed by atoms with Crippen LogP contribution in [-0.4, -0.2) is 22.8 Å². The molecule has 1 aliphatic rings. The van der Waals surface area contributed by atoms with Gasteiger partial charge in [-0.25, -0.2) is 4.79 Å². The first-order valence-corrected chi connectivity index (χ1v) is 7.91. The average Bonchev–Trinajstić information content (AvgIpc) is 2.60. The summed E-state index contributed by atoms with van der Waals surface area (Å²) in [5.74, 6) is -0.919. The first-order valence-electron chi connectivity index (χ1n) is 7.91. The van der Waals surface area contributed by atoms with Gasteiger partial charge in [-0.2, -0.15) is 0 Å². The maximum absolute atomic E-state index is 10.9. The molecule has 0 heterocycles. The van der Waals surface area contributed by atoms with E-state index < -0.39 is 11.5 Å². The summed E-state index contributed by atoms with van der Waals surface area (Å²) in [7, 11) is 0. The first kappa shape index (κ1) is 15.7. The minimum Gasteiger partial charge on any atom is -0.478 e. The Morgan fingerprint density at radius 1 is 1.13 bits per heavy atom. The molecule has 1 unspecified atom stereocenters. The number of benzene rings is 2. The van der Waals surface area contributed by atoms with Crippen molar-refractivity contribution in [3.05, 3.63) is 70.8 Å². The molecule has 0 aliphatic heterocycles. The molecule has 4 heteroatoms. The molecular formula is C19H21NO3. The van der Waals surface area contributed by atoms with E-state index in [0.717, 1.165) is 24.8 Å². The van der Waals surface area contributed by atoms with Crippen LogP contribution in [0.5, 0.6) is 0 Å². The van der Waals surface area contributed by atoms with Crippen molar-refractivity contribution in [3.8, 4) is 0 Å². The van der Waals surface area contributed by atoms with Crippen molar-refractivity contribution in [2.24, 2.45) is 0 Å². The molecule has 0 amide bonds. The van der Waals surface area contributed by atoms with E-state index in [2.05, 4.69) is 17.4 Å². The zero-order chi connectivity index (χ0) is 16.3. The predicted octanol–water partition coefficient (Wildman–Crippen LogP) is 2.70. The van der Waals surface area contributed by atoms with Crippen LogP contribution in [0.4, 0.5) is 0 Å². The number of aryl methyl sites for hydroxylation is 1. The number of aliphatic hydroxyl groups excluding tert-OH is 1. The fraction of sp³-hybridized carbons (Fsp3) is 0.316. The number of nitrogens with one attached hydrogen (secondary N) is 1. The third kappa shape index (κ3) is 3.14. The zero-order valence-corrected chi connectivity index (χ0v) is 13.0. The number of hydrogen-bond acceptors (Lipinski definition) is 3. The molecular weight excluding hydrogens is 290 g/mol. The van der Waals surface area contributed by atoms with Crippen LogP contribution < -0.4 is 5.32 Å². The van der Waals surface area contributed by atoms with E-state index in [9.17, 15) is 9.90 Å². The van der Waals surface area contributed by atoms with Gasteiger partial charge in [0, 0.05) is 6.54 Å². The molecule has 0 aromatic heterocycles. The van der Waals surface area contributed by atoms with Crippen LogP contribution in [0.25, 0.3) is 0 Å². The van der Waals surface area contributed by atoms with E-state index in [1.54, 1.807) is 12.1 Å². The number of carboxylic acid groups (broad SMARTS) is 1. The van der Waals surface area contributed by atoms with Crippen molar-refractivity contribution in [2.45, 2.75) is 31.3 Å². The van der Waals surface area contributed by atoms with E-state index in [1.807, 2.05) is 24.3 Å². The second-order valence-corrected chi connectivity index (χ2v) is 6.11. The largest absolute Gasteiger partial charge is 0.478 e. The van der Waals surface area contributed by atoms with Crippen molar-refractivity contribution in [3.63, 3.8) is 0 Å². The van der Waals surface area contributed by atoms with Crippen LogP contribution >= 0.6 is 0 Å². The first-order chi connectivity index (χ1) is 11.1. The molecule has 0 bridgehead atoms. The summed E-state index contributed by atoms with van der Waals surface area (Å²) in [6.45, 7) is 0.645. The molecule has 0 saturated carbocycles. The van der Waals surface area contributed by atoms with Gasteiger partial charge in [0.25, 0.3) is 0 Å². The number of rotatable bonds is 5. The fourth-order valence-electron chi connectivity index (χ4n) is 3.36. The maximum Gasteiger partial charge on any atom is 0.335 e. The number of hydrogen-bond donors (Lipinski definition) is 3. The van der Waals surface area contributed by atoms with Crippen molar-refractivity contribution >= 4 is 5.97 Å². The van der Waals surface area contributed by atoms with Gasteiger partial charge >= 0.3 is 5.97 Å². The standard InChI is InChI=1S/C19H21NO3/c21-13-19(11-3-5-15-4-1-2-6-17(15)19)20-12-14-7-9-16(10-8-14)18(22)23/h1-2,4,6-10,20-21H,3,5,11-13H2,(H,22,23). The SMILES string of the molecule is O=C(O)c1ccc(CNC2(CO)CCCc3ccccc32)cc1. The number of carbonyl (C=O) groups is 1. The monoisotopic (exact) mass is 311 g/mol. The topological polar surface area (TPSA) is 69.6 Å². The minimum absolute atomic E-state index is 0.0528. The highest BCUT2D eigenvalue weighted by molar-refractivity contribution is 5.87. The second kappa shape index (κ2) is 6.52. The summed E-state index contributed by atoms with van der Waals surface area (Å²) in [5, 5.41) is 22.5. The lowest BCUT2D eigenvalue weighted by Crippen LogP contribution is -2.47. The Balaban J connectivity index is 1.79. The highest BCUT2D eigenvalue weighted by atomic mass is 16.4. The van der Waals surface area contributed by atoms with Gasteiger partial charge in [-0.05, 0) is 48.1 Å². The molecule has 3 N–H and O–H groups in total. The van der Waals surface area contributed by atoms with Crippen molar-refractivity contribution in [1.82, 2.24) is 5.32 Å². The normalized spacial score (nSPS) is 20.0. The van der Waals surface area contributed by atoms with E-state index in [-0.39, 0.29) is 12.2 Å². The van der Waals surface area contributed by atoms with E-state index >= 15 is 0 Å². The molecule has 0 radical (unpaired) electrons. The lowest BCUT2D eigenvalue weighted by molar-refractivity contribution is 0.0697. The third-order valence-electron chi connectivity index (χ3n) is 4.68. The van der Waals surface area contributed by atoms with Crippen molar-refractivity contribution < 1.29 is 15.0 Å². The molecule has 3 rings (SSSR count). The van der Waals surface area contributed by atoms with Gasteiger partial charge in [0.15, 0.2) is 0 Å². The Bertz CT molecular complexity index is 696. The minimum atomic E-state index is -0.919. The molecule has 1 atom stereocenters. The van der Waals surface area contributed by atoms with E-state index in [4.69, 9.17) is 5.11 Å². The van der Waals surface area contributed by atoms with Crippen LogP contribution in [0, 0.1) is 0 Å². The molecule has 120 valence electrons. The Hall–Kier alpha value is -2.17. The second-order valence-electron chi connectivity index (χ2n) is 6.11. The number of aliphatic hydroxyl groups is 1. The van der Waals surface area contributed by atoms with E-state index in [1.165, 1.54) is 11.1 Å².